The Bertz CT molecular complexity index is 1290. The monoisotopic (exact) mass is 498 g/mol. The number of halogens is 2. The highest BCUT2D eigenvalue weighted by Crippen LogP contribution is 2.58. The van der Waals surface area contributed by atoms with Crippen molar-refractivity contribution < 1.29 is 19.2 Å². The van der Waals surface area contributed by atoms with Crippen LogP contribution in [0.5, 0.6) is 0 Å². The number of nitro groups is 1. The third kappa shape index (κ3) is 3.80. The highest BCUT2D eigenvalue weighted by Gasteiger charge is 2.51. The molecule has 1 fully saturated rings. The number of carboxylic acids is 1. The molecule has 3 aromatic carbocycles. The van der Waals surface area contributed by atoms with E-state index in [2.05, 4.69) is 5.32 Å². The van der Waals surface area contributed by atoms with Gasteiger partial charge >= 0.3 is 5.97 Å². The Hall–Kier alpha value is -3.10. The number of nitrogens with one attached hydrogen (secondary N) is 1. The van der Waals surface area contributed by atoms with Crippen LogP contribution in [0.15, 0.2) is 71.6 Å². The molecule has 0 amide bonds. The number of benzene rings is 3. The van der Waals surface area contributed by atoms with E-state index in [1.54, 1.807) is 42.5 Å². The number of nitro benzene ring substituents is 1. The number of para-hydroxylation sites is 2. The summed E-state index contributed by atoms with van der Waals surface area (Å²) in [6.07, 6.45) is 0.582. The lowest BCUT2D eigenvalue weighted by Gasteiger charge is -2.39. The van der Waals surface area contributed by atoms with E-state index in [0.717, 1.165) is 5.56 Å². The van der Waals surface area contributed by atoms with Crippen molar-refractivity contribution in [3.8, 4) is 0 Å². The van der Waals surface area contributed by atoms with E-state index >= 15 is 0 Å². The van der Waals surface area contributed by atoms with Crippen LogP contribution in [0.1, 0.15) is 39.9 Å². The van der Waals surface area contributed by atoms with Crippen LogP contribution in [-0.4, -0.2) is 26.6 Å². The number of alkyl halides is 1. The van der Waals surface area contributed by atoms with E-state index in [-0.39, 0.29) is 34.2 Å². The van der Waals surface area contributed by atoms with Gasteiger partial charge in [0, 0.05) is 22.8 Å². The number of carboxylic acid groups (broad SMARTS) is 1. The number of anilines is 1. The Labute approximate surface area is 204 Å². The molecule has 6 nitrogen and oxygen atoms in total. The lowest BCUT2D eigenvalue weighted by Crippen LogP contribution is -2.32. The fourth-order valence-electron chi connectivity index (χ4n) is 5.23. The number of carbonyl (C=O) groups is 1. The maximum absolute atomic E-state index is 14.9. The first-order valence-corrected chi connectivity index (χ1v) is 12.1. The number of hydrogen-bond donors (Lipinski definition) is 2. The van der Waals surface area contributed by atoms with E-state index in [4.69, 9.17) is 11.6 Å². The van der Waals surface area contributed by atoms with Crippen molar-refractivity contribution in [2.75, 3.05) is 5.32 Å². The SMILES string of the molecule is O=C(O)c1cccc2c1N[C@@H](c1ccccc1F)[C@H]1C[C@H](Sc3ccccc3[N+](=O)[O-])[C@H](Cl)[C@H]21. The molecule has 34 heavy (non-hydrogen) atoms. The van der Waals surface area contributed by atoms with Crippen LogP contribution in [0, 0.1) is 21.8 Å². The van der Waals surface area contributed by atoms with Gasteiger partial charge in [-0.15, -0.1) is 23.4 Å². The van der Waals surface area contributed by atoms with E-state index in [1.165, 1.54) is 30.0 Å². The summed E-state index contributed by atoms with van der Waals surface area (Å²) in [6.45, 7) is 0. The van der Waals surface area contributed by atoms with Gasteiger partial charge in [-0.2, -0.15) is 0 Å². The first-order chi connectivity index (χ1) is 16.4. The zero-order valence-electron chi connectivity index (χ0n) is 17.7. The lowest BCUT2D eigenvalue weighted by atomic mass is 9.76. The summed E-state index contributed by atoms with van der Waals surface area (Å²) in [7, 11) is 0. The normalized spacial score (nSPS) is 25.2. The molecule has 0 aromatic heterocycles. The summed E-state index contributed by atoms with van der Waals surface area (Å²) in [6, 6.07) is 17.6. The van der Waals surface area contributed by atoms with Gasteiger partial charge in [-0.3, -0.25) is 10.1 Å². The molecule has 1 saturated carbocycles. The Morgan fingerprint density at radius 2 is 1.79 bits per heavy atom. The standard InChI is InChI=1S/C25H20ClFN2O4S/c26-22-20(34-19-11-4-3-10-18(19)29(32)33)12-16-21(22)14-7-5-8-15(25(30)31)24(14)28-23(16)13-6-1-2-9-17(13)27/h1-11,16,20-23,28H,12H2,(H,30,31)/t16-,20-,21+,22-,23-/m0/s1. The van der Waals surface area contributed by atoms with Gasteiger partial charge in [0.1, 0.15) is 5.82 Å². The molecule has 0 spiro atoms. The smallest absolute Gasteiger partial charge is 0.337 e. The van der Waals surface area contributed by atoms with Crippen molar-refractivity contribution in [3.05, 3.63) is 99.4 Å². The molecule has 0 unspecified atom stereocenters. The molecule has 9 heteroatoms. The minimum Gasteiger partial charge on any atom is -0.478 e. The number of thioether (sulfide) groups is 1. The first-order valence-electron chi connectivity index (χ1n) is 10.8. The van der Waals surface area contributed by atoms with Crippen LogP contribution in [0.2, 0.25) is 0 Å². The van der Waals surface area contributed by atoms with E-state index in [0.29, 0.717) is 22.6 Å². The average molecular weight is 499 g/mol. The maximum atomic E-state index is 14.9. The second-order valence-corrected chi connectivity index (χ2v) is 10.3. The van der Waals surface area contributed by atoms with Gasteiger partial charge in [-0.1, -0.05) is 42.5 Å². The number of aromatic carboxylic acids is 1. The van der Waals surface area contributed by atoms with Gasteiger partial charge in [0.2, 0.25) is 0 Å². The molecule has 1 aliphatic carbocycles. The second kappa shape index (κ2) is 8.92. The van der Waals surface area contributed by atoms with E-state index in [9.17, 15) is 24.4 Å². The van der Waals surface area contributed by atoms with Crippen LogP contribution < -0.4 is 5.32 Å². The van der Waals surface area contributed by atoms with Gasteiger partial charge in [-0.25, -0.2) is 9.18 Å². The predicted molar refractivity (Wildman–Crippen MR) is 129 cm³/mol. The number of fused-ring (bicyclic) bond motifs is 3. The highest BCUT2D eigenvalue weighted by molar-refractivity contribution is 8.00. The quantitative estimate of drug-likeness (QED) is 0.238. The molecule has 3 aromatic rings. The Kier molecular flexibility index (Phi) is 5.95. The van der Waals surface area contributed by atoms with Crippen molar-refractivity contribution in [3.63, 3.8) is 0 Å². The van der Waals surface area contributed by atoms with Crippen molar-refractivity contribution in [1.29, 1.82) is 0 Å². The fourth-order valence-corrected chi connectivity index (χ4v) is 7.17. The second-order valence-electron chi connectivity index (χ2n) is 8.47. The molecule has 5 atom stereocenters. The molecular weight excluding hydrogens is 479 g/mol. The van der Waals surface area contributed by atoms with Crippen molar-refractivity contribution in [2.45, 2.75) is 33.9 Å². The molecule has 174 valence electrons. The van der Waals surface area contributed by atoms with Gasteiger partial charge in [-0.05, 0) is 36.1 Å². The van der Waals surface area contributed by atoms with Gasteiger partial charge < -0.3 is 10.4 Å². The zero-order valence-corrected chi connectivity index (χ0v) is 19.3. The molecule has 2 N–H and O–H groups in total. The number of rotatable bonds is 5. The topological polar surface area (TPSA) is 92.5 Å². The lowest BCUT2D eigenvalue weighted by molar-refractivity contribution is -0.387. The van der Waals surface area contributed by atoms with Crippen LogP contribution >= 0.6 is 23.4 Å². The van der Waals surface area contributed by atoms with Gasteiger partial charge in [0.25, 0.3) is 5.69 Å². The summed E-state index contributed by atoms with van der Waals surface area (Å²) < 4.78 is 14.9. The van der Waals surface area contributed by atoms with Crippen LogP contribution in [0.3, 0.4) is 0 Å². The maximum Gasteiger partial charge on any atom is 0.337 e. The third-order valence-corrected chi connectivity index (χ3v) is 8.77. The largest absolute Gasteiger partial charge is 0.478 e. The van der Waals surface area contributed by atoms with E-state index < -0.39 is 22.3 Å². The molecular formula is C25H20ClFN2O4S. The molecule has 0 saturated heterocycles. The van der Waals surface area contributed by atoms with Crippen LogP contribution in [-0.2, 0) is 0 Å². The Morgan fingerprint density at radius 3 is 2.53 bits per heavy atom. The van der Waals surface area contributed by atoms with Crippen molar-refractivity contribution in [2.24, 2.45) is 5.92 Å². The molecule has 1 aliphatic heterocycles. The summed E-state index contributed by atoms with van der Waals surface area (Å²) in [4.78, 5) is 23.6. The number of hydrogen-bond acceptors (Lipinski definition) is 5. The third-order valence-electron chi connectivity index (χ3n) is 6.66. The molecule has 5 rings (SSSR count). The van der Waals surface area contributed by atoms with Gasteiger partial charge in [0.05, 0.1) is 32.5 Å². The molecule has 1 heterocycles. The summed E-state index contributed by atoms with van der Waals surface area (Å²) in [5.41, 5.74) is 1.80. The van der Waals surface area contributed by atoms with Gasteiger partial charge in [0.15, 0.2) is 0 Å². The summed E-state index contributed by atoms with van der Waals surface area (Å²) >= 11 is 8.38. The predicted octanol–water partition coefficient (Wildman–Crippen LogP) is 6.47. The minimum absolute atomic E-state index is 0.0172. The summed E-state index contributed by atoms with van der Waals surface area (Å²) in [5.74, 6) is -1.83. The zero-order chi connectivity index (χ0) is 24.0. The molecule has 2 aliphatic rings. The fraction of sp³-hybridized carbons (Fsp3) is 0.240. The van der Waals surface area contributed by atoms with Crippen molar-refractivity contribution in [1.82, 2.24) is 0 Å². The minimum atomic E-state index is -1.08. The van der Waals surface area contributed by atoms with E-state index in [1.807, 2.05) is 6.07 Å². The number of nitrogens with zero attached hydrogens (tertiary/aromatic N) is 1. The van der Waals surface area contributed by atoms with Crippen LogP contribution in [0.4, 0.5) is 15.8 Å². The highest BCUT2D eigenvalue weighted by atomic mass is 35.5. The summed E-state index contributed by atoms with van der Waals surface area (Å²) in [5, 5.41) is 24.0. The first kappa shape index (κ1) is 22.7. The van der Waals surface area contributed by atoms with Crippen molar-refractivity contribution >= 4 is 40.7 Å². The molecule has 0 bridgehead atoms. The molecule has 0 radical (unpaired) electrons. The Balaban J connectivity index is 1.59. The van der Waals surface area contributed by atoms with Crippen LogP contribution in [0.25, 0.3) is 0 Å². The Morgan fingerprint density at radius 1 is 1.09 bits per heavy atom. The average Bonchev–Trinajstić information content (AvgIpc) is 3.15.